The van der Waals surface area contributed by atoms with Gasteiger partial charge in [-0.05, 0) is 36.1 Å². The molecule has 2 aromatic carbocycles. The fraction of sp³-hybridized carbons (Fsp3) is 0.250. The molecule has 3 heteroatoms. The third kappa shape index (κ3) is 3.18. The highest BCUT2D eigenvalue weighted by Gasteiger charge is 2.26. The zero-order valence-corrected chi connectivity index (χ0v) is 10.9. The Kier molecular flexibility index (Phi) is 3.96. The average molecular weight is 261 g/mol. The summed E-state index contributed by atoms with van der Waals surface area (Å²) in [4.78, 5) is 0. The second-order valence-electron chi connectivity index (χ2n) is 4.83. The molecule has 100 valence electrons. The Bertz CT molecular complexity index is 534. The molecule has 0 saturated heterocycles. The van der Waals surface area contributed by atoms with E-state index >= 15 is 0 Å². The van der Waals surface area contributed by atoms with Crippen molar-refractivity contribution in [1.29, 1.82) is 0 Å². The molecule has 0 aliphatic heterocycles. The first-order valence-corrected chi connectivity index (χ1v) is 6.33. The molecule has 0 aromatic heterocycles. The van der Waals surface area contributed by atoms with Crippen molar-refractivity contribution in [3.63, 3.8) is 0 Å². The van der Waals surface area contributed by atoms with E-state index in [0.717, 1.165) is 11.6 Å². The zero-order chi connectivity index (χ0) is 13.9. The van der Waals surface area contributed by atoms with Gasteiger partial charge in [-0.25, -0.2) is 8.78 Å². The minimum absolute atomic E-state index is 0.497. The molecule has 19 heavy (non-hydrogen) atoms. The lowest BCUT2D eigenvalue weighted by Crippen LogP contribution is -2.38. The van der Waals surface area contributed by atoms with E-state index in [1.165, 1.54) is 12.1 Å². The second-order valence-corrected chi connectivity index (χ2v) is 4.83. The van der Waals surface area contributed by atoms with Crippen LogP contribution in [0.25, 0.3) is 0 Å². The summed E-state index contributed by atoms with van der Waals surface area (Å²) in [6.45, 7) is 1.92. The lowest BCUT2D eigenvalue weighted by molar-refractivity contribution is 0.418. The Hall–Kier alpha value is -1.74. The summed E-state index contributed by atoms with van der Waals surface area (Å²) in [6.07, 6.45) is 1.15. The number of halogens is 2. The molecule has 0 bridgehead atoms. The third-order valence-corrected chi connectivity index (χ3v) is 3.43. The van der Waals surface area contributed by atoms with Gasteiger partial charge in [0.05, 0.1) is 0 Å². The van der Waals surface area contributed by atoms with Gasteiger partial charge in [0.1, 0.15) is 11.6 Å². The van der Waals surface area contributed by atoms with Gasteiger partial charge < -0.3 is 5.73 Å². The number of hydrogen-bond donors (Lipinski definition) is 1. The topological polar surface area (TPSA) is 26.0 Å². The summed E-state index contributed by atoms with van der Waals surface area (Å²) in [5.74, 6) is -1.18. The molecule has 2 rings (SSSR count). The quantitative estimate of drug-likeness (QED) is 0.890. The molecule has 1 unspecified atom stereocenters. The number of rotatable bonds is 4. The fourth-order valence-corrected chi connectivity index (χ4v) is 2.23. The van der Waals surface area contributed by atoms with Crippen LogP contribution in [0.15, 0.2) is 48.5 Å². The van der Waals surface area contributed by atoms with Crippen LogP contribution < -0.4 is 5.73 Å². The summed E-state index contributed by atoms with van der Waals surface area (Å²) >= 11 is 0. The minimum Gasteiger partial charge on any atom is -0.321 e. The largest absolute Gasteiger partial charge is 0.321 e. The van der Waals surface area contributed by atoms with Crippen LogP contribution >= 0.6 is 0 Å². The molecule has 0 aliphatic carbocycles. The number of benzene rings is 2. The average Bonchev–Trinajstić information content (AvgIpc) is 2.38. The SMILES string of the molecule is CCC(N)(Cc1ccccc1)c1cc(F)cc(F)c1. The lowest BCUT2D eigenvalue weighted by atomic mass is 9.82. The molecule has 0 spiro atoms. The van der Waals surface area contributed by atoms with Crippen LogP contribution in [0.5, 0.6) is 0 Å². The van der Waals surface area contributed by atoms with Crippen LogP contribution in [0.4, 0.5) is 8.78 Å². The molecule has 0 amide bonds. The van der Waals surface area contributed by atoms with Gasteiger partial charge in [-0.1, -0.05) is 37.3 Å². The normalized spacial score (nSPS) is 14.1. The molecule has 1 atom stereocenters. The van der Waals surface area contributed by atoms with E-state index in [1.807, 2.05) is 37.3 Å². The van der Waals surface area contributed by atoms with Gasteiger partial charge in [-0.15, -0.1) is 0 Å². The molecular formula is C16H17F2N. The standard InChI is InChI=1S/C16H17F2N/c1-2-16(19,11-12-6-4-3-5-7-12)13-8-14(17)10-15(18)9-13/h3-10H,2,11,19H2,1H3. The van der Waals surface area contributed by atoms with Crippen molar-refractivity contribution in [2.75, 3.05) is 0 Å². The van der Waals surface area contributed by atoms with Gasteiger partial charge in [0, 0.05) is 11.6 Å². The van der Waals surface area contributed by atoms with Crippen molar-refractivity contribution in [1.82, 2.24) is 0 Å². The zero-order valence-electron chi connectivity index (χ0n) is 10.9. The first-order chi connectivity index (χ1) is 9.03. The van der Waals surface area contributed by atoms with Crippen molar-refractivity contribution in [3.05, 3.63) is 71.3 Å². The maximum atomic E-state index is 13.3. The van der Waals surface area contributed by atoms with Crippen molar-refractivity contribution in [2.45, 2.75) is 25.3 Å². The molecule has 2 aromatic rings. The molecule has 2 N–H and O–H groups in total. The highest BCUT2D eigenvalue weighted by molar-refractivity contribution is 5.29. The maximum Gasteiger partial charge on any atom is 0.126 e. The molecule has 1 nitrogen and oxygen atoms in total. The summed E-state index contributed by atoms with van der Waals surface area (Å²) < 4.78 is 26.7. The van der Waals surface area contributed by atoms with E-state index in [1.54, 1.807) is 0 Å². The third-order valence-electron chi connectivity index (χ3n) is 3.43. The summed E-state index contributed by atoms with van der Waals surface area (Å²) in [5.41, 5.74) is 7.14. The van der Waals surface area contributed by atoms with Gasteiger partial charge in [0.15, 0.2) is 0 Å². The van der Waals surface area contributed by atoms with Gasteiger partial charge >= 0.3 is 0 Å². The van der Waals surface area contributed by atoms with Crippen molar-refractivity contribution >= 4 is 0 Å². The monoisotopic (exact) mass is 261 g/mol. The van der Waals surface area contributed by atoms with Crippen LogP contribution in [0.1, 0.15) is 24.5 Å². The molecule has 0 aliphatic rings. The maximum absolute atomic E-state index is 13.3. The van der Waals surface area contributed by atoms with Crippen LogP contribution in [0, 0.1) is 11.6 Å². The van der Waals surface area contributed by atoms with Gasteiger partial charge in [-0.2, -0.15) is 0 Å². The Balaban J connectivity index is 2.36. The first-order valence-electron chi connectivity index (χ1n) is 6.33. The predicted octanol–water partition coefficient (Wildman–Crippen LogP) is 3.77. The van der Waals surface area contributed by atoms with Gasteiger partial charge in [0.25, 0.3) is 0 Å². The van der Waals surface area contributed by atoms with Crippen LogP contribution in [0.2, 0.25) is 0 Å². The molecule has 0 radical (unpaired) electrons. The number of nitrogens with two attached hydrogens (primary N) is 1. The van der Waals surface area contributed by atoms with E-state index in [-0.39, 0.29) is 0 Å². The van der Waals surface area contributed by atoms with Crippen molar-refractivity contribution in [3.8, 4) is 0 Å². The Labute approximate surface area is 112 Å². The fourth-order valence-electron chi connectivity index (χ4n) is 2.23. The van der Waals surface area contributed by atoms with Crippen molar-refractivity contribution in [2.24, 2.45) is 5.73 Å². The van der Waals surface area contributed by atoms with Crippen LogP contribution in [-0.4, -0.2) is 0 Å². The predicted molar refractivity (Wildman–Crippen MR) is 72.7 cm³/mol. The van der Waals surface area contributed by atoms with E-state index in [2.05, 4.69) is 0 Å². The van der Waals surface area contributed by atoms with E-state index in [9.17, 15) is 8.78 Å². The highest BCUT2D eigenvalue weighted by Crippen LogP contribution is 2.27. The summed E-state index contributed by atoms with van der Waals surface area (Å²) in [6, 6.07) is 13.2. The van der Waals surface area contributed by atoms with Crippen LogP contribution in [-0.2, 0) is 12.0 Å². The highest BCUT2D eigenvalue weighted by atomic mass is 19.1. The van der Waals surface area contributed by atoms with E-state index < -0.39 is 17.2 Å². The van der Waals surface area contributed by atoms with Gasteiger partial charge in [0.2, 0.25) is 0 Å². The molecular weight excluding hydrogens is 244 g/mol. The van der Waals surface area contributed by atoms with E-state index in [4.69, 9.17) is 5.73 Å². The first kappa shape index (κ1) is 13.7. The smallest absolute Gasteiger partial charge is 0.126 e. The minimum atomic E-state index is -0.760. The Morgan fingerprint density at radius 2 is 1.58 bits per heavy atom. The van der Waals surface area contributed by atoms with Gasteiger partial charge in [-0.3, -0.25) is 0 Å². The number of hydrogen-bond acceptors (Lipinski definition) is 1. The second kappa shape index (κ2) is 5.49. The molecule has 0 saturated carbocycles. The van der Waals surface area contributed by atoms with Crippen molar-refractivity contribution < 1.29 is 8.78 Å². The molecule has 0 fully saturated rings. The Morgan fingerprint density at radius 1 is 1.00 bits per heavy atom. The van der Waals surface area contributed by atoms with E-state index in [0.29, 0.717) is 18.4 Å². The summed E-state index contributed by atoms with van der Waals surface area (Å²) in [7, 11) is 0. The Morgan fingerprint density at radius 3 is 2.11 bits per heavy atom. The van der Waals surface area contributed by atoms with Crippen LogP contribution in [0.3, 0.4) is 0 Å². The molecule has 0 heterocycles. The lowest BCUT2D eigenvalue weighted by Gasteiger charge is -2.29. The summed E-state index contributed by atoms with van der Waals surface area (Å²) in [5, 5.41) is 0.